The minimum atomic E-state index is -0.200. The highest BCUT2D eigenvalue weighted by Crippen LogP contribution is 2.27. The fraction of sp³-hybridized carbons (Fsp3) is 0.429. The van der Waals surface area contributed by atoms with Crippen LogP contribution in [0.4, 0.5) is 5.82 Å². The number of rotatable bonds is 4. The Balaban J connectivity index is 1.72. The second-order valence-electron chi connectivity index (χ2n) is 5.74. The summed E-state index contributed by atoms with van der Waals surface area (Å²) in [6, 6.07) is 5.49. The first kappa shape index (κ1) is 14.6. The quantitative estimate of drug-likeness (QED) is 0.733. The van der Waals surface area contributed by atoms with E-state index in [1.165, 1.54) is 12.8 Å². The predicted molar refractivity (Wildman–Crippen MR) is 85.2 cm³/mol. The van der Waals surface area contributed by atoms with Crippen molar-refractivity contribution in [1.82, 2.24) is 15.4 Å². The van der Waals surface area contributed by atoms with Gasteiger partial charge in [-0.15, -0.1) is 5.43 Å². The Morgan fingerprint density at radius 3 is 2.81 bits per heavy atom. The Morgan fingerprint density at radius 1 is 1.29 bits per heavy atom. The van der Waals surface area contributed by atoms with Gasteiger partial charge >= 0.3 is 0 Å². The van der Waals surface area contributed by atoms with Crippen LogP contribution < -0.4 is 16.1 Å². The molecule has 1 fully saturated rings. The molecule has 1 atom stereocenters. The largest absolute Gasteiger partial charge is 0.588 e. The Morgan fingerprint density at radius 2 is 2.05 bits per heavy atom. The van der Waals surface area contributed by atoms with E-state index < -0.39 is 0 Å². The molecule has 2 aromatic heterocycles. The molecular formula is C14H18BrN5O. The predicted octanol–water partition coefficient (Wildman–Crippen LogP) is 1.94. The summed E-state index contributed by atoms with van der Waals surface area (Å²) in [6.45, 7) is 2.09. The van der Waals surface area contributed by atoms with Crippen molar-refractivity contribution in [1.29, 1.82) is 0 Å². The zero-order valence-corrected chi connectivity index (χ0v) is 13.4. The number of nitrogens with one attached hydrogen (secondary N) is 3. The minimum Gasteiger partial charge on any atom is -0.588 e. The van der Waals surface area contributed by atoms with Crippen LogP contribution in [0.5, 0.6) is 0 Å². The van der Waals surface area contributed by atoms with Gasteiger partial charge in [0.05, 0.1) is 16.6 Å². The lowest BCUT2D eigenvalue weighted by Gasteiger charge is -2.32. The van der Waals surface area contributed by atoms with Gasteiger partial charge in [-0.05, 0) is 53.9 Å². The van der Waals surface area contributed by atoms with Crippen molar-refractivity contribution < 1.29 is 5.28 Å². The highest BCUT2D eigenvalue weighted by molar-refractivity contribution is 9.10. The molecule has 6 nitrogen and oxygen atoms in total. The standard InChI is InChI=1S/C14H18BrN5O/c1-14(6-2-3-7-14)19-20(21)18-13-5-4-11-12(17-13)8-10(15)9-16-11/h4-5,8-9,19-20H,2-3,6-7H2,1H3,(H,17,18). The zero-order valence-electron chi connectivity index (χ0n) is 11.8. The van der Waals surface area contributed by atoms with Gasteiger partial charge in [-0.1, -0.05) is 12.8 Å². The van der Waals surface area contributed by atoms with Gasteiger partial charge in [0, 0.05) is 10.7 Å². The molecule has 7 heteroatoms. The van der Waals surface area contributed by atoms with E-state index in [2.05, 4.69) is 43.7 Å². The maximum atomic E-state index is 12.1. The molecule has 0 radical (unpaired) electrons. The molecule has 0 saturated heterocycles. The average molecular weight is 352 g/mol. The zero-order chi connectivity index (χ0) is 14.9. The van der Waals surface area contributed by atoms with Crippen molar-refractivity contribution in [3.63, 3.8) is 0 Å². The van der Waals surface area contributed by atoms with Crippen LogP contribution in [0.15, 0.2) is 28.9 Å². The summed E-state index contributed by atoms with van der Waals surface area (Å²) in [6.07, 6.45) is 6.13. The summed E-state index contributed by atoms with van der Waals surface area (Å²) in [5.41, 5.74) is 7.30. The van der Waals surface area contributed by atoms with E-state index in [0.29, 0.717) is 5.82 Å². The van der Waals surface area contributed by atoms with Crippen LogP contribution in [0.2, 0.25) is 0 Å². The second-order valence-corrected chi connectivity index (χ2v) is 6.65. The summed E-state index contributed by atoms with van der Waals surface area (Å²) in [4.78, 5) is 8.67. The van der Waals surface area contributed by atoms with Crippen LogP contribution in [0.25, 0.3) is 11.0 Å². The normalized spacial score (nSPS) is 18.8. The summed E-state index contributed by atoms with van der Waals surface area (Å²) in [5, 5.41) is 11.9. The van der Waals surface area contributed by atoms with E-state index >= 15 is 0 Å². The number of fused-ring (bicyclic) bond motifs is 1. The molecule has 112 valence electrons. The third kappa shape index (κ3) is 3.49. The number of pyridine rings is 2. The number of halogens is 1. The topological polar surface area (TPSA) is 77.3 Å². The lowest BCUT2D eigenvalue weighted by atomic mass is 10.0. The van der Waals surface area contributed by atoms with Gasteiger partial charge < -0.3 is 5.21 Å². The maximum Gasteiger partial charge on any atom is 0.176 e. The third-order valence-corrected chi connectivity index (χ3v) is 4.30. The van der Waals surface area contributed by atoms with Gasteiger partial charge in [-0.2, -0.15) is 5.28 Å². The number of anilines is 1. The van der Waals surface area contributed by atoms with Gasteiger partial charge in [-0.25, -0.2) is 10.4 Å². The molecule has 0 aromatic carbocycles. The molecule has 3 N–H and O–H groups in total. The van der Waals surface area contributed by atoms with E-state index in [4.69, 9.17) is 0 Å². The highest BCUT2D eigenvalue weighted by Gasteiger charge is 2.31. The second kappa shape index (κ2) is 5.84. The minimum absolute atomic E-state index is 0.0918. The molecule has 0 aliphatic heterocycles. The van der Waals surface area contributed by atoms with E-state index in [1.54, 1.807) is 12.3 Å². The van der Waals surface area contributed by atoms with Gasteiger partial charge in [-0.3, -0.25) is 4.98 Å². The van der Waals surface area contributed by atoms with Gasteiger partial charge in [0.15, 0.2) is 5.82 Å². The molecule has 0 bridgehead atoms. The van der Waals surface area contributed by atoms with Crippen molar-refractivity contribution in [2.24, 2.45) is 0 Å². The lowest BCUT2D eigenvalue weighted by Crippen LogP contribution is -3.19. The number of hydrogen-bond donors (Lipinski definition) is 3. The molecule has 1 aliphatic rings. The average Bonchev–Trinajstić information content (AvgIpc) is 2.84. The monoisotopic (exact) mass is 351 g/mol. The highest BCUT2D eigenvalue weighted by atomic mass is 79.9. The summed E-state index contributed by atoms with van der Waals surface area (Å²) in [5.74, 6) is 0.529. The first-order valence-corrected chi connectivity index (χ1v) is 7.85. The molecule has 2 heterocycles. The molecule has 2 aromatic rings. The van der Waals surface area contributed by atoms with Crippen LogP contribution >= 0.6 is 15.9 Å². The summed E-state index contributed by atoms with van der Waals surface area (Å²) >= 11 is 3.37. The fourth-order valence-corrected chi connectivity index (χ4v) is 3.07. The van der Waals surface area contributed by atoms with Crippen LogP contribution in [-0.4, -0.2) is 15.5 Å². The Kier molecular flexibility index (Phi) is 4.08. The molecular weight excluding hydrogens is 334 g/mol. The number of hydrogen-bond acceptors (Lipinski definition) is 5. The van der Waals surface area contributed by atoms with Crippen molar-refractivity contribution in [2.45, 2.75) is 38.1 Å². The molecule has 0 spiro atoms. The molecule has 0 amide bonds. The molecule has 21 heavy (non-hydrogen) atoms. The molecule has 1 aliphatic carbocycles. The van der Waals surface area contributed by atoms with Crippen LogP contribution in [-0.2, 0) is 0 Å². The van der Waals surface area contributed by atoms with Crippen molar-refractivity contribution in [3.8, 4) is 0 Å². The van der Waals surface area contributed by atoms with Crippen molar-refractivity contribution in [2.75, 3.05) is 5.43 Å². The van der Waals surface area contributed by atoms with E-state index in [9.17, 15) is 5.21 Å². The first-order chi connectivity index (χ1) is 10.0. The van der Waals surface area contributed by atoms with Crippen molar-refractivity contribution in [3.05, 3.63) is 34.1 Å². The number of nitrogens with zero attached hydrogens (tertiary/aromatic N) is 2. The Labute approximate surface area is 131 Å². The smallest absolute Gasteiger partial charge is 0.176 e. The molecule has 1 saturated carbocycles. The fourth-order valence-electron chi connectivity index (χ4n) is 2.75. The molecule has 1 unspecified atom stereocenters. The summed E-state index contributed by atoms with van der Waals surface area (Å²) < 4.78 is 0.863. The van der Waals surface area contributed by atoms with Crippen LogP contribution in [0, 0.1) is 5.21 Å². The van der Waals surface area contributed by atoms with E-state index in [0.717, 1.165) is 28.3 Å². The third-order valence-electron chi connectivity index (χ3n) is 3.87. The summed E-state index contributed by atoms with van der Waals surface area (Å²) in [7, 11) is 0. The van der Waals surface area contributed by atoms with E-state index in [1.807, 2.05) is 12.1 Å². The van der Waals surface area contributed by atoms with Gasteiger partial charge in [0.25, 0.3) is 0 Å². The van der Waals surface area contributed by atoms with Crippen LogP contribution in [0.1, 0.15) is 32.6 Å². The number of aromatic nitrogens is 2. The first-order valence-electron chi connectivity index (χ1n) is 7.06. The maximum absolute atomic E-state index is 12.1. The van der Waals surface area contributed by atoms with Crippen molar-refractivity contribution >= 4 is 32.8 Å². The number of quaternary nitrogens is 1. The van der Waals surface area contributed by atoms with Gasteiger partial charge in [0.2, 0.25) is 0 Å². The van der Waals surface area contributed by atoms with Gasteiger partial charge in [0.1, 0.15) is 0 Å². The molecule has 3 rings (SSSR count). The van der Waals surface area contributed by atoms with E-state index in [-0.39, 0.29) is 10.8 Å². The SMILES string of the molecule is CC1(N[NH+]([O-])Nc2ccc3ncc(Br)cc3n2)CCCC1. The lowest BCUT2D eigenvalue weighted by molar-refractivity contribution is -0.881. The van der Waals surface area contributed by atoms with Crippen LogP contribution in [0.3, 0.4) is 0 Å². The Hall–Kier alpha value is -1.28. The Bertz CT molecular complexity index is 644.